The Morgan fingerprint density at radius 1 is 1.13 bits per heavy atom. The van der Waals surface area contributed by atoms with Crippen molar-refractivity contribution in [3.8, 4) is 11.4 Å². The predicted octanol–water partition coefficient (Wildman–Crippen LogP) is 2.97. The van der Waals surface area contributed by atoms with Crippen LogP contribution in [0.1, 0.15) is 43.7 Å². The normalized spacial score (nSPS) is 15.1. The van der Waals surface area contributed by atoms with Crippen LogP contribution >= 0.6 is 0 Å². The zero-order chi connectivity index (χ0) is 20.7. The third kappa shape index (κ3) is 3.36. The van der Waals surface area contributed by atoms with Crippen LogP contribution < -0.4 is 11.2 Å². The van der Waals surface area contributed by atoms with Crippen molar-refractivity contribution in [1.82, 2.24) is 29.3 Å². The summed E-state index contributed by atoms with van der Waals surface area (Å²) in [5.41, 5.74) is 1.23. The lowest BCUT2D eigenvalue weighted by molar-refractivity contribution is 0.338. The smallest absolute Gasteiger partial charge is 0.330 e. The maximum atomic E-state index is 13.4. The van der Waals surface area contributed by atoms with Crippen LogP contribution in [0.2, 0.25) is 0 Å². The number of H-pyrrole nitrogens is 2. The summed E-state index contributed by atoms with van der Waals surface area (Å²) in [5.74, 6) is 0.153. The Hall–Kier alpha value is -3.49. The molecule has 8 nitrogen and oxygen atoms in total. The van der Waals surface area contributed by atoms with Crippen LogP contribution in [0.15, 0.2) is 46.2 Å². The maximum Gasteiger partial charge on any atom is 0.330 e. The average molecular weight is 408 g/mol. The Morgan fingerprint density at radius 2 is 1.97 bits per heavy atom. The Kier molecular flexibility index (Phi) is 4.57. The molecule has 1 fully saturated rings. The topological polar surface area (TPSA) is 101 Å². The van der Waals surface area contributed by atoms with Crippen LogP contribution in [0.3, 0.4) is 0 Å². The molecule has 3 heterocycles. The van der Waals surface area contributed by atoms with Crippen LogP contribution in [0.5, 0.6) is 0 Å². The number of benzene rings is 1. The summed E-state index contributed by atoms with van der Waals surface area (Å²) in [4.78, 5) is 35.7. The molecule has 1 aliphatic rings. The molecule has 1 aromatic carbocycles. The standard InChI is InChI=1S/C21H21FN6O2/c22-15-6-4-5-13(9-15)11-27-12-14(10-23-27)18-24-17-19(25-18)26-21(30)28(20(17)29)16-7-2-1-3-8-16/h4-6,9-10,12,16H,1-3,7-8,11H2,(H,24,25)(H,26,30). The van der Waals surface area contributed by atoms with Crippen LogP contribution in [0.4, 0.5) is 4.39 Å². The monoisotopic (exact) mass is 408 g/mol. The van der Waals surface area contributed by atoms with E-state index in [0.29, 0.717) is 17.9 Å². The lowest BCUT2D eigenvalue weighted by Crippen LogP contribution is -2.38. The molecule has 0 bridgehead atoms. The largest absolute Gasteiger partial charge is 0.332 e. The van der Waals surface area contributed by atoms with E-state index in [4.69, 9.17) is 0 Å². The minimum absolute atomic E-state index is 0.0693. The summed E-state index contributed by atoms with van der Waals surface area (Å²) < 4.78 is 16.4. The molecule has 154 valence electrons. The number of nitrogens with zero attached hydrogens (tertiary/aromatic N) is 4. The van der Waals surface area contributed by atoms with E-state index in [1.54, 1.807) is 23.1 Å². The number of nitrogens with one attached hydrogen (secondary N) is 2. The first-order valence-electron chi connectivity index (χ1n) is 10.1. The van der Waals surface area contributed by atoms with E-state index >= 15 is 0 Å². The van der Waals surface area contributed by atoms with Gasteiger partial charge in [0.15, 0.2) is 5.65 Å². The molecule has 2 N–H and O–H groups in total. The maximum absolute atomic E-state index is 13.4. The third-order valence-electron chi connectivity index (χ3n) is 5.66. The highest BCUT2D eigenvalue weighted by Crippen LogP contribution is 2.26. The molecule has 0 atom stereocenters. The molecule has 0 unspecified atom stereocenters. The van der Waals surface area contributed by atoms with Gasteiger partial charge >= 0.3 is 5.69 Å². The first-order chi connectivity index (χ1) is 14.6. The number of hydrogen-bond donors (Lipinski definition) is 2. The number of imidazole rings is 1. The molecular formula is C21H21FN6O2. The summed E-state index contributed by atoms with van der Waals surface area (Å²) >= 11 is 0. The van der Waals surface area contributed by atoms with Gasteiger partial charge in [0.2, 0.25) is 0 Å². The van der Waals surface area contributed by atoms with Crippen molar-refractivity contribution in [3.05, 3.63) is 68.9 Å². The molecule has 0 spiro atoms. The number of rotatable bonds is 4. The van der Waals surface area contributed by atoms with Crippen molar-refractivity contribution >= 4 is 11.2 Å². The first kappa shape index (κ1) is 18.5. The second-order valence-electron chi connectivity index (χ2n) is 7.76. The fourth-order valence-electron chi connectivity index (χ4n) is 4.19. The fourth-order valence-corrected chi connectivity index (χ4v) is 4.19. The Labute approximate surface area is 170 Å². The molecule has 1 saturated carbocycles. The minimum Gasteiger partial charge on any atom is -0.332 e. The van der Waals surface area contributed by atoms with Gasteiger partial charge in [-0.2, -0.15) is 5.10 Å². The summed E-state index contributed by atoms with van der Waals surface area (Å²) in [5, 5.41) is 4.30. The van der Waals surface area contributed by atoms with E-state index < -0.39 is 5.69 Å². The highest BCUT2D eigenvalue weighted by molar-refractivity contribution is 5.74. The summed E-state index contributed by atoms with van der Waals surface area (Å²) in [6.45, 7) is 0.406. The lowest BCUT2D eigenvalue weighted by Gasteiger charge is -2.22. The zero-order valence-corrected chi connectivity index (χ0v) is 16.3. The fraction of sp³-hybridized carbons (Fsp3) is 0.333. The zero-order valence-electron chi connectivity index (χ0n) is 16.3. The number of halogens is 1. The lowest BCUT2D eigenvalue weighted by atomic mass is 9.95. The van der Waals surface area contributed by atoms with Crippen molar-refractivity contribution in [2.24, 2.45) is 0 Å². The average Bonchev–Trinajstić information content (AvgIpc) is 3.36. The van der Waals surface area contributed by atoms with Crippen LogP contribution in [0, 0.1) is 5.82 Å². The molecule has 5 rings (SSSR count). The van der Waals surface area contributed by atoms with E-state index in [1.807, 2.05) is 6.07 Å². The molecule has 0 amide bonds. The van der Waals surface area contributed by atoms with Gasteiger partial charge in [0.1, 0.15) is 17.2 Å². The Bertz CT molecular complexity index is 1330. The SMILES string of the molecule is O=c1[nH]c2nc(-c3cnn(Cc4cccc(F)c4)c3)[nH]c2c(=O)n1C1CCCCC1. The van der Waals surface area contributed by atoms with Gasteiger partial charge in [-0.25, -0.2) is 14.2 Å². The number of aromatic nitrogens is 6. The highest BCUT2D eigenvalue weighted by atomic mass is 19.1. The van der Waals surface area contributed by atoms with Gasteiger partial charge in [-0.3, -0.25) is 19.0 Å². The second kappa shape index (κ2) is 7.40. The molecule has 0 radical (unpaired) electrons. The van der Waals surface area contributed by atoms with E-state index in [9.17, 15) is 14.0 Å². The summed E-state index contributed by atoms with van der Waals surface area (Å²) in [6.07, 6.45) is 8.24. The number of fused-ring (bicyclic) bond motifs is 1. The summed E-state index contributed by atoms with van der Waals surface area (Å²) in [7, 11) is 0. The van der Waals surface area contributed by atoms with Gasteiger partial charge in [-0.05, 0) is 30.5 Å². The van der Waals surface area contributed by atoms with E-state index in [2.05, 4.69) is 20.1 Å². The van der Waals surface area contributed by atoms with E-state index in [0.717, 1.165) is 37.7 Å². The molecule has 0 saturated heterocycles. The molecule has 9 heteroatoms. The summed E-state index contributed by atoms with van der Waals surface area (Å²) in [6, 6.07) is 6.26. The number of aromatic amines is 2. The van der Waals surface area contributed by atoms with Crippen molar-refractivity contribution in [2.75, 3.05) is 0 Å². The van der Waals surface area contributed by atoms with Crippen molar-refractivity contribution in [3.63, 3.8) is 0 Å². The van der Waals surface area contributed by atoms with Gasteiger partial charge < -0.3 is 4.98 Å². The first-order valence-corrected chi connectivity index (χ1v) is 10.1. The van der Waals surface area contributed by atoms with Crippen molar-refractivity contribution < 1.29 is 4.39 Å². The molecule has 3 aromatic heterocycles. The van der Waals surface area contributed by atoms with E-state index in [1.165, 1.54) is 16.7 Å². The van der Waals surface area contributed by atoms with Gasteiger partial charge in [-0.1, -0.05) is 31.4 Å². The van der Waals surface area contributed by atoms with Crippen LogP contribution in [0.25, 0.3) is 22.6 Å². The predicted molar refractivity (Wildman–Crippen MR) is 110 cm³/mol. The highest BCUT2D eigenvalue weighted by Gasteiger charge is 2.22. The van der Waals surface area contributed by atoms with Crippen LogP contribution in [-0.2, 0) is 6.54 Å². The molecule has 4 aromatic rings. The molecule has 1 aliphatic carbocycles. The van der Waals surface area contributed by atoms with Crippen molar-refractivity contribution in [1.29, 1.82) is 0 Å². The molecule has 0 aliphatic heterocycles. The molecule has 30 heavy (non-hydrogen) atoms. The van der Waals surface area contributed by atoms with Gasteiger partial charge in [0.25, 0.3) is 5.56 Å². The number of hydrogen-bond acceptors (Lipinski definition) is 4. The quantitative estimate of drug-likeness (QED) is 0.542. The molecular weight excluding hydrogens is 387 g/mol. The second-order valence-corrected chi connectivity index (χ2v) is 7.76. The third-order valence-corrected chi connectivity index (χ3v) is 5.66. The van der Waals surface area contributed by atoms with Gasteiger partial charge in [0, 0.05) is 12.2 Å². The minimum atomic E-state index is -0.417. The van der Waals surface area contributed by atoms with Crippen LogP contribution in [-0.4, -0.2) is 29.3 Å². The van der Waals surface area contributed by atoms with E-state index in [-0.39, 0.29) is 28.6 Å². The van der Waals surface area contributed by atoms with Gasteiger partial charge in [0.05, 0.1) is 18.3 Å². The Balaban J connectivity index is 1.48. The Morgan fingerprint density at radius 3 is 2.77 bits per heavy atom. The van der Waals surface area contributed by atoms with Gasteiger partial charge in [-0.15, -0.1) is 0 Å². The van der Waals surface area contributed by atoms with Crippen molar-refractivity contribution in [2.45, 2.75) is 44.7 Å².